The van der Waals surface area contributed by atoms with Crippen molar-refractivity contribution in [1.29, 1.82) is 0 Å². The maximum Gasteiger partial charge on any atom is 0.334 e. The van der Waals surface area contributed by atoms with Crippen LogP contribution >= 0.6 is 11.3 Å². The number of hydrogen-bond donors (Lipinski definition) is 1. The van der Waals surface area contributed by atoms with E-state index in [9.17, 15) is 14.0 Å². The molecule has 8 heteroatoms. The van der Waals surface area contributed by atoms with Crippen molar-refractivity contribution >= 4 is 23.2 Å². The fraction of sp³-hybridized carbons (Fsp3) is 0.267. The Kier molecular flexibility index (Phi) is 4.35. The SMILES string of the molecule is O=C(O)[C@H]1CN(C(=O)c2cnc(-c3ccccc3F)s2)CCO1. The lowest BCUT2D eigenvalue weighted by atomic mass is 10.2. The molecular formula is C15H13FN2O4S. The number of carbonyl (C=O) groups is 2. The van der Waals surface area contributed by atoms with Crippen LogP contribution in [0.1, 0.15) is 9.67 Å². The predicted molar refractivity (Wildman–Crippen MR) is 80.8 cm³/mol. The molecule has 1 aliphatic rings. The minimum absolute atomic E-state index is 0.0128. The average molecular weight is 336 g/mol. The Hall–Kier alpha value is -2.32. The highest BCUT2D eigenvalue weighted by molar-refractivity contribution is 7.16. The molecule has 0 unspecified atom stereocenters. The lowest BCUT2D eigenvalue weighted by molar-refractivity contribution is -0.154. The molecule has 2 heterocycles. The second-order valence-electron chi connectivity index (χ2n) is 4.96. The number of aliphatic carboxylic acids is 1. The molecule has 0 aliphatic carbocycles. The quantitative estimate of drug-likeness (QED) is 0.926. The number of rotatable bonds is 3. The van der Waals surface area contributed by atoms with Gasteiger partial charge < -0.3 is 14.7 Å². The van der Waals surface area contributed by atoms with Gasteiger partial charge in [-0.1, -0.05) is 12.1 Å². The second-order valence-corrected chi connectivity index (χ2v) is 5.99. The highest BCUT2D eigenvalue weighted by Gasteiger charge is 2.30. The zero-order valence-electron chi connectivity index (χ0n) is 11.9. The summed E-state index contributed by atoms with van der Waals surface area (Å²) in [6.07, 6.45) is 0.367. The maximum atomic E-state index is 13.8. The van der Waals surface area contributed by atoms with Crippen molar-refractivity contribution in [2.75, 3.05) is 19.7 Å². The first-order chi connectivity index (χ1) is 11.1. The summed E-state index contributed by atoms with van der Waals surface area (Å²) >= 11 is 1.08. The summed E-state index contributed by atoms with van der Waals surface area (Å²) in [7, 11) is 0. The second kappa shape index (κ2) is 6.43. The van der Waals surface area contributed by atoms with Crippen LogP contribution in [0.15, 0.2) is 30.5 Å². The van der Waals surface area contributed by atoms with Crippen LogP contribution < -0.4 is 0 Å². The van der Waals surface area contributed by atoms with Crippen molar-refractivity contribution in [2.24, 2.45) is 0 Å². The van der Waals surface area contributed by atoms with Crippen LogP contribution in [-0.4, -0.2) is 52.7 Å². The van der Waals surface area contributed by atoms with E-state index in [1.807, 2.05) is 0 Å². The van der Waals surface area contributed by atoms with Crippen LogP contribution in [-0.2, 0) is 9.53 Å². The van der Waals surface area contributed by atoms with Crippen LogP contribution in [0, 0.1) is 5.82 Å². The van der Waals surface area contributed by atoms with Gasteiger partial charge in [-0.15, -0.1) is 11.3 Å². The van der Waals surface area contributed by atoms with E-state index >= 15 is 0 Å². The van der Waals surface area contributed by atoms with Gasteiger partial charge in [0.2, 0.25) is 0 Å². The molecular weight excluding hydrogens is 323 g/mol. The number of benzene rings is 1. The number of morpholine rings is 1. The highest BCUT2D eigenvalue weighted by atomic mass is 32.1. The van der Waals surface area contributed by atoms with Crippen LogP contribution in [0.3, 0.4) is 0 Å². The van der Waals surface area contributed by atoms with E-state index in [4.69, 9.17) is 9.84 Å². The summed E-state index contributed by atoms with van der Waals surface area (Å²) in [5.74, 6) is -1.82. The van der Waals surface area contributed by atoms with Gasteiger partial charge in [-0.05, 0) is 12.1 Å². The molecule has 0 saturated carbocycles. The number of carbonyl (C=O) groups excluding carboxylic acids is 1. The van der Waals surface area contributed by atoms with Gasteiger partial charge in [0.05, 0.1) is 19.3 Å². The molecule has 6 nitrogen and oxygen atoms in total. The van der Waals surface area contributed by atoms with Crippen molar-refractivity contribution < 1.29 is 23.8 Å². The average Bonchev–Trinajstić information content (AvgIpc) is 3.04. The monoisotopic (exact) mass is 336 g/mol. The fourth-order valence-corrected chi connectivity index (χ4v) is 3.18. The summed E-state index contributed by atoms with van der Waals surface area (Å²) in [4.78, 5) is 29.3. The fourth-order valence-electron chi connectivity index (χ4n) is 2.27. The van der Waals surface area contributed by atoms with E-state index in [-0.39, 0.29) is 19.1 Å². The van der Waals surface area contributed by atoms with E-state index in [1.165, 1.54) is 17.2 Å². The highest BCUT2D eigenvalue weighted by Crippen LogP contribution is 2.28. The number of carboxylic acid groups (broad SMARTS) is 1. The number of thiazole rings is 1. The van der Waals surface area contributed by atoms with Gasteiger partial charge >= 0.3 is 5.97 Å². The first kappa shape index (κ1) is 15.6. The van der Waals surface area contributed by atoms with Crippen LogP contribution in [0.2, 0.25) is 0 Å². The number of ether oxygens (including phenoxy) is 1. The molecule has 3 rings (SSSR count). The smallest absolute Gasteiger partial charge is 0.334 e. The molecule has 1 aliphatic heterocycles. The molecule has 1 aromatic carbocycles. The van der Waals surface area contributed by atoms with Gasteiger partial charge in [0, 0.05) is 12.1 Å². The van der Waals surface area contributed by atoms with Crippen LogP contribution in [0.4, 0.5) is 4.39 Å². The molecule has 1 aromatic heterocycles. The lowest BCUT2D eigenvalue weighted by Crippen LogP contribution is -2.48. The third kappa shape index (κ3) is 3.22. The molecule has 1 amide bonds. The lowest BCUT2D eigenvalue weighted by Gasteiger charge is -2.30. The van der Waals surface area contributed by atoms with E-state index < -0.39 is 17.9 Å². The van der Waals surface area contributed by atoms with E-state index in [1.54, 1.807) is 18.2 Å². The van der Waals surface area contributed by atoms with Crippen molar-refractivity contribution in [2.45, 2.75) is 6.10 Å². The third-order valence-corrected chi connectivity index (χ3v) is 4.47. The van der Waals surface area contributed by atoms with Crippen molar-refractivity contribution in [1.82, 2.24) is 9.88 Å². The number of nitrogens with zero attached hydrogens (tertiary/aromatic N) is 2. The summed E-state index contributed by atoms with van der Waals surface area (Å²) in [6.45, 7) is 0.471. The normalized spacial score (nSPS) is 18.0. The van der Waals surface area contributed by atoms with Crippen LogP contribution in [0.25, 0.3) is 10.6 Å². The zero-order chi connectivity index (χ0) is 16.4. The molecule has 1 saturated heterocycles. The number of carboxylic acids is 1. The molecule has 0 radical (unpaired) electrons. The van der Waals surface area contributed by atoms with Gasteiger partial charge in [0.25, 0.3) is 5.91 Å². The van der Waals surface area contributed by atoms with Crippen molar-refractivity contribution in [3.63, 3.8) is 0 Å². The minimum Gasteiger partial charge on any atom is -0.479 e. The molecule has 0 spiro atoms. The Bertz CT molecular complexity index is 749. The van der Waals surface area contributed by atoms with Gasteiger partial charge in [-0.3, -0.25) is 4.79 Å². The van der Waals surface area contributed by atoms with E-state index in [0.717, 1.165) is 11.3 Å². The Morgan fingerprint density at radius 3 is 2.91 bits per heavy atom. The molecule has 23 heavy (non-hydrogen) atoms. The summed E-state index contributed by atoms with van der Waals surface area (Å²) in [6, 6.07) is 6.20. The minimum atomic E-state index is -1.10. The third-order valence-electron chi connectivity index (χ3n) is 3.45. The topological polar surface area (TPSA) is 79.7 Å². The summed E-state index contributed by atoms with van der Waals surface area (Å²) < 4.78 is 18.9. The molecule has 0 bridgehead atoms. The Balaban J connectivity index is 1.79. The molecule has 2 aromatic rings. The van der Waals surface area contributed by atoms with E-state index in [0.29, 0.717) is 22.0 Å². The van der Waals surface area contributed by atoms with Gasteiger partial charge in [0.1, 0.15) is 15.7 Å². The first-order valence-electron chi connectivity index (χ1n) is 6.90. The van der Waals surface area contributed by atoms with Gasteiger partial charge in [0.15, 0.2) is 6.10 Å². The largest absolute Gasteiger partial charge is 0.479 e. The predicted octanol–water partition coefficient (Wildman–Crippen LogP) is 1.87. The number of aromatic nitrogens is 1. The van der Waals surface area contributed by atoms with Crippen LogP contribution in [0.5, 0.6) is 0 Å². The van der Waals surface area contributed by atoms with Gasteiger partial charge in [-0.25, -0.2) is 14.2 Å². The maximum absolute atomic E-state index is 13.8. The molecule has 1 fully saturated rings. The molecule has 1 N–H and O–H groups in total. The Labute approximate surface area is 135 Å². The standard InChI is InChI=1S/C15H13FN2O4S/c16-10-4-2-1-3-9(10)13-17-7-12(23-13)14(19)18-5-6-22-11(8-18)15(20)21/h1-4,7,11H,5-6,8H2,(H,20,21)/t11-/m1/s1. The van der Waals surface area contributed by atoms with Crippen molar-refractivity contribution in [3.8, 4) is 10.6 Å². The molecule has 1 atom stereocenters. The summed E-state index contributed by atoms with van der Waals surface area (Å²) in [5.41, 5.74) is 0.335. The van der Waals surface area contributed by atoms with Crippen molar-refractivity contribution in [3.05, 3.63) is 41.2 Å². The zero-order valence-corrected chi connectivity index (χ0v) is 12.8. The number of halogens is 1. The number of amides is 1. The van der Waals surface area contributed by atoms with Gasteiger partial charge in [-0.2, -0.15) is 0 Å². The Morgan fingerprint density at radius 2 is 2.17 bits per heavy atom. The Morgan fingerprint density at radius 1 is 1.39 bits per heavy atom. The first-order valence-corrected chi connectivity index (χ1v) is 7.72. The van der Waals surface area contributed by atoms with E-state index in [2.05, 4.69) is 4.98 Å². The summed E-state index contributed by atoms with van der Waals surface area (Å²) in [5, 5.41) is 9.39. The molecule has 120 valence electrons. The number of hydrogen-bond acceptors (Lipinski definition) is 5.